The number of rotatable bonds is 7. The molecule has 0 bridgehead atoms. The van der Waals surface area contributed by atoms with E-state index in [1.54, 1.807) is 14.2 Å². The first-order valence-corrected chi connectivity index (χ1v) is 8.21. The fourth-order valence-electron chi connectivity index (χ4n) is 2.58. The molecule has 1 rings (SSSR count). The Bertz CT molecular complexity index is 460. The lowest BCUT2D eigenvalue weighted by molar-refractivity contribution is 0.336. The molecule has 0 radical (unpaired) electrons. The first-order valence-electron chi connectivity index (χ1n) is 8.21. The van der Waals surface area contributed by atoms with Gasteiger partial charge in [0.15, 0.2) is 6.04 Å². The summed E-state index contributed by atoms with van der Waals surface area (Å²) in [6, 6.07) is -0.323. The molecule has 0 saturated heterocycles. The van der Waals surface area contributed by atoms with Gasteiger partial charge in [-0.25, -0.2) is 9.98 Å². The van der Waals surface area contributed by atoms with Crippen LogP contribution in [0.1, 0.15) is 52.9 Å². The minimum absolute atomic E-state index is 0.0812. The Morgan fingerprint density at radius 3 is 2.32 bits per heavy atom. The molecule has 0 amide bonds. The molecular formula is C18H30N2O2. The number of nitrogens with zero attached hydrogens (tertiary/aromatic N) is 2. The number of methoxy groups -OCH3 is 2. The van der Waals surface area contributed by atoms with Crippen LogP contribution in [0.4, 0.5) is 0 Å². The van der Waals surface area contributed by atoms with Crippen LogP contribution in [0.5, 0.6) is 0 Å². The third kappa shape index (κ3) is 4.74. The van der Waals surface area contributed by atoms with Gasteiger partial charge in [0.2, 0.25) is 11.8 Å². The lowest BCUT2D eigenvalue weighted by Crippen LogP contribution is -2.38. The van der Waals surface area contributed by atoms with Crippen molar-refractivity contribution < 1.29 is 9.47 Å². The van der Waals surface area contributed by atoms with Gasteiger partial charge in [-0.3, -0.25) is 0 Å². The average Bonchev–Trinajstić information content (AvgIpc) is 2.53. The standard InChI is InChI=1S/C18H30N2O2/c1-7-9-10-11-12-14(8-2)16-18(22-6)19-15(13(3)4)17(20-16)21-5/h13,15-16H,2,7,9-12H2,1,3-6H3/t15-,16+/m0/s1. The van der Waals surface area contributed by atoms with Gasteiger partial charge in [0.25, 0.3) is 0 Å². The summed E-state index contributed by atoms with van der Waals surface area (Å²) >= 11 is 0. The molecule has 1 aliphatic rings. The van der Waals surface area contributed by atoms with Gasteiger partial charge in [0.05, 0.1) is 14.2 Å². The molecule has 0 unspecified atom stereocenters. The molecule has 0 N–H and O–H groups in total. The maximum absolute atomic E-state index is 5.49. The third-order valence-corrected chi connectivity index (χ3v) is 3.92. The zero-order chi connectivity index (χ0) is 16.5. The summed E-state index contributed by atoms with van der Waals surface area (Å²) in [5.41, 5.74) is 4.08. The second-order valence-corrected chi connectivity index (χ2v) is 5.95. The maximum atomic E-state index is 5.49. The summed E-state index contributed by atoms with van der Waals surface area (Å²) in [6.07, 6.45) is 5.73. The summed E-state index contributed by atoms with van der Waals surface area (Å²) in [4.78, 5) is 9.42. The Labute approximate surface area is 135 Å². The lowest BCUT2D eigenvalue weighted by atomic mass is 9.97. The number of aliphatic imine (C=N–C) groups is 2. The molecule has 124 valence electrons. The van der Waals surface area contributed by atoms with Gasteiger partial charge in [-0.15, -0.1) is 5.73 Å². The second kappa shape index (κ2) is 9.47. The van der Waals surface area contributed by atoms with E-state index in [1.165, 1.54) is 19.3 Å². The topological polar surface area (TPSA) is 43.2 Å². The molecule has 4 nitrogen and oxygen atoms in total. The molecule has 0 aromatic heterocycles. The largest absolute Gasteiger partial charge is 0.483 e. The van der Waals surface area contributed by atoms with Gasteiger partial charge < -0.3 is 9.47 Å². The van der Waals surface area contributed by atoms with Crippen molar-refractivity contribution in [1.82, 2.24) is 0 Å². The van der Waals surface area contributed by atoms with E-state index < -0.39 is 0 Å². The molecule has 0 aliphatic carbocycles. The number of unbranched alkanes of at least 4 members (excludes halogenated alkanes) is 3. The average molecular weight is 306 g/mol. The Hall–Kier alpha value is -1.54. The molecule has 1 aliphatic heterocycles. The number of hydrogen-bond acceptors (Lipinski definition) is 4. The van der Waals surface area contributed by atoms with Crippen LogP contribution in [-0.4, -0.2) is 38.1 Å². The van der Waals surface area contributed by atoms with Crippen LogP contribution in [-0.2, 0) is 9.47 Å². The Morgan fingerprint density at radius 2 is 1.82 bits per heavy atom. The molecule has 1 heterocycles. The van der Waals surface area contributed by atoms with Crippen molar-refractivity contribution in [3.63, 3.8) is 0 Å². The van der Waals surface area contributed by atoms with Gasteiger partial charge in [-0.2, -0.15) is 0 Å². The number of hydrogen-bond donors (Lipinski definition) is 0. The molecule has 0 aromatic rings. The highest BCUT2D eigenvalue weighted by molar-refractivity contribution is 5.95. The van der Waals surface area contributed by atoms with Crippen LogP contribution in [0.25, 0.3) is 0 Å². The highest BCUT2D eigenvalue weighted by atomic mass is 16.5. The van der Waals surface area contributed by atoms with E-state index in [1.807, 2.05) is 0 Å². The fraction of sp³-hybridized carbons (Fsp3) is 0.722. The molecule has 4 heteroatoms. The molecule has 0 saturated carbocycles. The normalized spacial score (nSPS) is 21.0. The van der Waals surface area contributed by atoms with Gasteiger partial charge in [0.1, 0.15) is 6.04 Å². The van der Waals surface area contributed by atoms with Crippen molar-refractivity contribution in [2.24, 2.45) is 15.9 Å². The van der Waals surface area contributed by atoms with Crippen LogP contribution >= 0.6 is 0 Å². The molecular weight excluding hydrogens is 276 g/mol. The van der Waals surface area contributed by atoms with Gasteiger partial charge in [-0.1, -0.05) is 46.6 Å². The van der Waals surface area contributed by atoms with Crippen LogP contribution < -0.4 is 0 Å². The first-order chi connectivity index (χ1) is 10.6. The predicted molar refractivity (Wildman–Crippen MR) is 92.7 cm³/mol. The molecule has 2 atom stereocenters. The highest BCUT2D eigenvalue weighted by Gasteiger charge is 2.32. The van der Waals surface area contributed by atoms with Crippen molar-refractivity contribution in [2.45, 2.75) is 65.0 Å². The van der Waals surface area contributed by atoms with Gasteiger partial charge in [-0.05, 0) is 18.8 Å². The van der Waals surface area contributed by atoms with E-state index in [0.29, 0.717) is 17.7 Å². The van der Waals surface area contributed by atoms with E-state index in [9.17, 15) is 0 Å². The predicted octanol–water partition coefficient (Wildman–Crippen LogP) is 4.16. The van der Waals surface area contributed by atoms with E-state index in [4.69, 9.17) is 19.5 Å². The first kappa shape index (κ1) is 18.5. The SMILES string of the molecule is C=C=C(CCCCCC)[C@H]1N=C(OC)[C@H](C(C)C)N=C1OC. The Morgan fingerprint density at radius 1 is 1.14 bits per heavy atom. The van der Waals surface area contributed by atoms with Crippen LogP contribution in [0, 0.1) is 5.92 Å². The minimum Gasteiger partial charge on any atom is -0.483 e. The minimum atomic E-state index is -0.242. The third-order valence-electron chi connectivity index (χ3n) is 3.92. The fourth-order valence-corrected chi connectivity index (χ4v) is 2.58. The van der Waals surface area contributed by atoms with Crippen molar-refractivity contribution >= 4 is 11.8 Å². The summed E-state index contributed by atoms with van der Waals surface area (Å²) in [5.74, 6) is 1.62. The Kier molecular flexibility index (Phi) is 7.97. The zero-order valence-corrected chi connectivity index (χ0v) is 14.7. The second-order valence-electron chi connectivity index (χ2n) is 5.95. The molecule has 22 heavy (non-hydrogen) atoms. The summed E-state index contributed by atoms with van der Waals surface area (Å²) in [7, 11) is 3.30. The molecule has 0 spiro atoms. The van der Waals surface area contributed by atoms with Crippen LogP contribution in [0.15, 0.2) is 27.9 Å². The Balaban J connectivity index is 2.92. The van der Waals surface area contributed by atoms with Crippen molar-refractivity contribution in [3.8, 4) is 0 Å². The van der Waals surface area contributed by atoms with E-state index in [0.717, 1.165) is 18.4 Å². The van der Waals surface area contributed by atoms with Crippen LogP contribution in [0.3, 0.4) is 0 Å². The number of ether oxygens (including phenoxy) is 2. The van der Waals surface area contributed by atoms with Crippen LogP contribution in [0.2, 0.25) is 0 Å². The zero-order valence-electron chi connectivity index (χ0n) is 14.7. The summed E-state index contributed by atoms with van der Waals surface area (Å²) in [6.45, 7) is 10.2. The van der Waals surface area contributed by atoms with Gasteiger partial charge in [0, 0.05) is 5.57 Å². The van der Waals surface area contributed by atoms with E-state index in [2.05, 4.69) is 33.1 Å². The van der Waals surface area contributed by atoms with E-state index in [-0.39, 0.29) is 12.1 Å². The highest BCUT2D eigenvalue weighted by Crippen LogP contribution is 2.24. The smallest absolute Gasteiger partial charge is 0.214 e. The quantitative estimate of drug-likeness (QED) is 0.523. The van der Waals surface area contributed by atoms with Crippen molar-refractivity contribution in [3.05, 3.63) is 17.9 Å². The molecule has 0 fully saturated rings. The van der Waals surface area contributed by atoms with Crippen molar-refractivity contribution in [1.29, 1.82) is 0 Å². The summed E-state index contributed by atoms with van der Waals surface area (Å²) < 4.78 is 10.9. The van der Waals surface area contributed by atoms with Crippen molar-refractivity contribution in [2.75, 3.05) is 14.2 Å². The maximum Gasteiger partial charge on any atom is 0.214 e. The van der Waals surface area contributed by atoms with Gasteiger partial charge >= 0.3 is 0 Å². The lowest BCUT2D eigenvalue weighted by Gasteiger charge is -2.27. The molecule has 0 aromatic carbocycles. The summed E-state index contributed by atoms with van der Waals surface area (Å²) in [5, 5.41) is 0. The van der Waals surface area contributed by atoms with E-state index >= 15 is 0 Å². The monoisotopic (exact) mass is 306 g/mol.